The van der Waals surface area contributed by atoms with Crippen molar-refractivity contribution in [2.24, 2.45) is 15.7 Å². The van der Waals surface area contributed by atoms with Crippen molar-refractivity contribution < 1.29 is 44.7 Å². The number of sulfone groups is 2. The zero-order valence-corrected chi connectivity index (χ0v) is 37.2. The molecular weight excluding hydrogens is 890 g/mol. The average Bonchev–Trinajstić information content (AvgIpc) is 2.95. The van der Waals surface area contributed by atoms with E-state index >= 15 is 0 Å². The summed E-state index contributed by atoms with van der Waals surface area (Å²) in [6, 6.07) is 8.46. The summed E-state index contributed by atoms with van der Waals surface area (Å²) in [5.74, 6) is -2.40. The lowest BCUT2D eigenvalue weighted by atomic mass is 9.93. The van der Waals surface area contributed by atoms with Crippen LogP contribution in [0.3, 0.4) is 0 Å². The van der Waals surface area contributed by atoms with E-state index in [1.54, 1.807) is 60.6 Å². The number of ether oxygens (including phenoxy) is 2. The second-order valence-corrected chi connectivity index (χ2v) is 23.5. The van der Waals surface area contributed by atoms with Gasteiger partial charge in [-0.15, -0.1) is 0 Å². The van der Waals surface area contributed by atoms with E-state index in [9.17, 15) is 35.2 Å². The third-order valence-electron chi connectivity index (χ3n) is 8.75. The molecule has 2 amide bonds. The van der Waals surface area contributed by atoms with E-state index in [4.69, 9.17) is 15.2 Å². The van der Waals surface area contributed by atoms with Gasteiger partial charge in [-0.25, -0.2) is 35.2 Å². The van der Waals surface area contributed by atoms with E-state index in [0.717, 1.165) is 0 Å². The minimum atomic E-state index is -4.06. The maximum absolute atomic E-state index is 14.9. The number of halogens is 4. The number of aliphatic imine (C=N–C) groups is 2. The fourth-order valence-corrected chi connectivity index (χ4v) is 9.65. The molecule has 55 heavy (non-hydrogen) atoms. The van der Waals surface area contributed by atoms with Crippen molar-refractivity contribution in [3.8, 4) is 0 Å². The maximum atomic E-state index is 14.9. The van der Waals surface area contributed by atoms with Crippen LogP contribution in [-0.4, -0.2) is 77.8 Å². The summed E-state index contributed by atoms with van der Waals surface area (Å²) in [5.41, 5.74) is 1.17. The van der Waals surface area contributed by atoms with E-state index in [1.165, 1.54) is 58.9 Å². The van der Waals surface area contributed by atoms with Crippen LogP contribution in [0.4, 0.5) is 18.4 Å². The lowest BCUT2D eigenvalue weighted by molar-refractivity contribution is 0.0139. The lowest BCUT2D eigenvalue weighted by Gasteiger charge is -2.42. The van der Waals surface area contributed by atoms with Gasteiger partial charge in [0.2, 0.25) is 0 Å². The van der Waals surface area contributed by atoms with Gasteiger partial charge in [-0.1, -0.05) is 39.3 Å². The molecule has 12 nitrogen and oxygen atoms in total. The van der Waals surface area contributed by atoms with Gasteiger partial charge in [-0.3, -0.25) is 9.98 Å². The quantitative estimate of drug-likeness (QED) is 0.309. The van der Waals surface area contributed by atoms with E-state index in [0.29, 0.717) is 13.8 Å². The van der Waals surface area contributed by atoms with Crippen molar-refractivity contribution in [2.45, 2.75) is 122 Å². The molecule has 0 aliphatic carbocycles. The van der Waals surface area contributed by atoms with E-state index in [-0.39, 0.29) is 30.1 Å². The number of nitrogens with zero attached hydrogens (tertiary/aromatic N) is 3. The molecule has 2 aliphatic heterocycles. The van der Waals surface area contributed by atoms with Crippen LogP contribution in [0, 0.1) is 11.6 Å². The molecule has 0 fully saturated rings. The molecule has 0 bridgehead atoms. The summed E-state index contributed by atoms with van der Waals surface area (Å²) in [6.45, 7) is 18.3. The van der Waals surface area contributed by atoms with Gasteiger partial charge in [0.15, 0.2) is 19.7 Å². The molecule has 2 aromatic rings. The Hall–Kier alpha value is -2.96. The molecule has 0 unspecified atom stereocenters. The number of rotatable bonds is 2. The highest BCUT2D eigenvalue weighted by molar-refractivity contribution is 9.10. The van der Waals surface area contributed by atoms with Crippen molar-refractivity contribution in [1.82, 2.24) is 4.90 Å². The average molecular weight is 943 g/mol. The summed E-state index contributed by atoms with van der Waals surface area (Å²) in [4.78, 5) is 35.7. The van der Waals surface area contributed by atoms with Gasteiger partial charge in [-0.2, -0.15) is 4.90 Å². The first-order valence-electron chi connectivity index (χ1n) is 16.7. The van der Waals surface area contributed by atoms with Crippen molar-refractivity contribution in [2.75, 3.05) is 11.5 Å². The molecule has 2 N–H and O–H groups in total. The van der Waals surface area contributed by atoms with Crippen LogP contribution in [0.25, 0.3) is 0 Å². The number of carbonyl (C=O) groups excluding carboxylic acids is 2. The van der Waals surface area contributed by atoms with Gasteiger partial charge in [0, 0.05) is 20.1 Å². The summed E-state index contributed by atoms with van der Waals surface area (Å²) < 4.78 is 89.6. The Balaban J connectivity index is 0.000000423. The second-order valence-electron chi connectivity index (χ2n) is 16.6. The maximum Gasteiger partial charge on any atom is 0.425 e. The summed E-state index contributed by atoms with van der Waals surface area (Å²) >= 11 is 6.53. The molecule has 2 heterocycles. The molecular formula is C37H52Br2F2N4O8S2. The first-order valence-corrected chi connectivity index (χ1v) is 21.6. The molecule has 0 radical (unpaired) electrons. The zero-order valence-electron chi connectivity index (χ0n) is 32.4. The van der Waals surface area contributed by atoms with Gasteiger partial charge >= 0.3 is 12.2 Å². The highest BCUT2D eigenvalue weighted by Crippen LogP contribution is 2.41. The second kappa shape index (κ2) is 15.8. The van der Waals surface area contributed by atoms with Gasteiger partial charge in [-0.05, 0) is 119 Å². The van der Waals surface area contributed by atoms with E-state index < -0.39 is 86.9 Å². The first kappa shape index (κ1) is 48.2. The Morgan fingerprint density at radius 1 is 0.709 bits per heavy atom. The number of nitrogens with two attached hydrogens (primary N) is 1. The molecule has 308 valence electrons. The van der Waals surface area contributed by atoms with Gasteiger partial charge < -0.3 is 15.2 Å². The number of carbonyl (C=O) groups is 2. The zero-order chi connectivity index (χ0) is 41.8. The standard InChI is InChI=1S/C23H32BrFN2O6S.C13H16BrFN2O2S.CH4/c1-20(2,3)32-18(28)27(19(29)33-21(4,5)6)17-22(7,8)34(30,31)13-23(9,26-17)15-12-14(24)10-11-16(15)25;1-12(2)11(16)17-13(3,7-20(12,18)19)9-6-8(14)4-5-10(9)15;/h10-12H,13H2,1-9H3;4-6H,7H2,1-3H3,(H2,16,17);1H4/t23-;13-;/m00./s1. The molecule has 4 rings (SSSR count). The van der Waals surface area contributed by atoms with Crippen LogP contribution in [0.15, 0.2) is 55.3 Å². The number of hydrogen-bond donors (Lipinski definition) is 1. The monoisotopic (exact) mass is 940 g/mol. The lowest BCUT2D eigenvalue weighted by Crippen LogP contribution is -2.61. The summed E-state index contributed by atoms with van der Waals surface area (Å²) in [5, 5.41) is 0. The van der Waals surface area contributed by atoms with Crippen LogP contribution in [0.2, 0.25) is 0 Å². The Morgan fingerprint density at radius 2 is 1.05 bits per heavy atom. The van der Waals surface area contributed by atoms with Crippen molar-refractivity contribution >= 4 is 75.4 Å². The van der Waals surface area contributed by atoms with Crippen LogP contribution >= 0.6 is 31.9 Å². The molecule has 0 spiro atoms. The van der Waals surface area contributed by atoms with Gasteiger partial charge in [0.25, 0.3) is 0 Å². The molecule has 2 atom stereocenters. The fraction of sp³-hybridized carbons (Fsp3) is 0.568. The minimum absolute atomic E-state index is 0. The number of amides is 2. The van der Waals surface area contributed by atoms with Gasteiger partial charge in [0.05, 0.1) is 11.5 Å². The summed E-state index contributed by atoms with van der Waals surface area (Å²) in [7, 11) is -7.60. The van der Waals surface area contributed by atoms with E-state index in [1.807, 2.05) is 0 Å². The largest absolute Gasteiger partial charge is 0.443 e. The third-order valence-corrected chi connectivity index (χ3v) is 15.1. The Bertz CT molecular complexity index is 2100. The molecule has 0 saturated carbocycles. The topological polar surface area (TPSA) is 175 Å². The highest BCUT2D eigenvalue weighted by atomic mass is 79.9. The Labute approximate surface area is 340 Å². The first-order chi connectivity index (χ1) is 24.1. The van der Waals surface area contributed by atoms with Crippen molar-refractivity contribution in [3.63, 3.8) is 0 Å². The van der Waals surface area contributed by atoms with Crippen LogP contribution < -0.4 is 5.73 Å². The molecule has 2 aliphatic rings. The Morgan fingerprint density at radius 3 is 1.40 bits per heavy atom. The third kappa shape index (κ3) is 10.3. The predicted octanol–water partition coefficient (Wildman–Crippen LogP) is 8.58. The molecule has 2 aromatic carbocycles. The Kier molecular flexibility index (Phi) is 13.8. The summed E-state index contributed by atoms with van der Waals surface area (Å²) in [6.07, 6.45) is -2.30. The molecule has 0 saturated heterocycles. The van der Waals surface area contributed by atoms with Crippen molar-refractivity contribution in [3.05, 3.63) is 68.1 Å². The van der Waals surface area contributed by atoms with Crippen LogP contribution in [0.5, 0.6) is 0 Å². The van der Waals surface area contributed by atoms with E-state index in [2.05, 4.69) is 41.8 Å². The SMILES string of the molecule is C.CC(C)(C)OC(=O)N(C(=O)OC(C)(C)C)C1=N[C@](C)(c2cc(Br)ccc2F)CS(=O)(=O)C1(C)C.CC1(C)C(N)=N[C@](C)(c2cc(Br)ccc2F)CS1(=O)=O. The van der Waals surface area contributed by atoms with Crippen LogP contribution in [0.1, 0.15) is 102 Å². The molecule has 0 aromatic heterocycles. The smallest absolute Gasteiger partial charge is 0.425 e. The molecule has 18 heteroatoms. The van der Waals surface area contributed by atoms with Gasteiger partial charge in [0.1, 0.15) is 55.1 Å². The van der Waals surface area contributed by atoms with Crippen LogP contribution in [-0.2, 0) is 40.2 Å². The minimum Gasteiger partial charge on any atom is -0.443 e. The number of amidine groups is 2. The normalized spacial score (nSPS) is 23.7. The van der Waals surface area contributed by atoms with Crippen molar-refractivity contribution in [1.29, 1.82) is 0 Å². The number of benzene rings is 2. The predicted molar refractivity (Wildman–Crippen MR) is 219 cm³/mol. The number of imide groups is 1. The highest BCUT2D eigenvalue weighted by Gasteiger charge is 2.55. The fourth-order valence-electron chi connectivity index (χ4n) is 5.51. The number of hydrogen-bond acceptors (Lipinski definition) is 11.